The van der Waals surface area contributed by atoms with Crippen molar-refractivity contribution in [3.05, 3.63) is 63.9 Å². The van der Waals surface area contributed by atoms with Gasteiger partial charge in [0.15, 0.2) is 4.80 Å². The Balaban J connectivity index is 1.61. The molecule has 0 fully saturated rings. The maximum absolute atomic E-state index is 12.4. The molecule has 0 N–H and O–H groups in total. The smallest absolute Gasteiger partial charge is 0.248 e. The normalized spacial score (nSPS) is 12.0. The fraction of sp³-hybridized carbons (Fsp3) is 0.333. The van der Waals surface area contributed by atoms with E-state index in [0.717, 1.165) is 45.2 Å². The van der Waals surface area contributed by atoms with Gasteiger partial charge in [0.2, 0.25) is 5.91 Å². The first-order valence-electron chi connectivity index (χ1n) is 9.14. The van der Waals surface area contributed by atoms with Gasteiger partial charge in [-0.3, -0.25) is 4.79 Å². The lowest BCUT2D eigenvalue weighted by Gasteiger charge is -2.04. The van der Waals surface area contributed by atoms with E-state index in [9.17, 15) is 4.79 Å². The summed E-state index contributed by atoms with van der Waals surface area (Å²) in [6, 6.07) is 16.3. The number of rotatable bonds is 9. The molecule has 148 valence electrons. The Labute approximate surface area is 183 Å². The summed E-state index contributed by atoms with van der Waals surface area (Å²) in [6.07, 6.45) is 3.42. The molecule has 0 atom stereocenters. The number of hydrogen-bond acceptors (Lipinski definition) is 4. The van der Waals surface area contributed by atoms with Gasteiger partial charge >= 0.3 is 0 Å². The minimum Gasteiger partial charge on any atom is -0.316 e. The number of halogens is 1. The van der Waals surface area contributed by atoms with Crippen LogP contribution in [0, 0.1) is 0 Å². The molecule has 0 aliphatic rings. The highest BCUT2D eigenvalue weighted by molar-refractivity contribution is 7.98. The molecule has 0 radical (unpaired) electrons. The van der Waals surface area contributed by atoms with Crippen molar-refractivity contribution >= 4 is 62.6 Å². The Morgan fingerprint density at radius 1 is 1.18 bits per heavy atom. The fourth-order valence-electron chi connectivity index (χ4n) is 2.78. The minimum absolute atomic E-state index is 0.0455. The molecule has 3 aromatic rings. The number of aryl methyl sites for hydroxylation is 1. The Morgan fingerprint density at radius 3 is 2.79 bits per heavy atom. The van der Waals surface area contributed by atoms with Crippen LogP contribution in [0.1, 0.15) is 18.4 Å². The summed E-state index contributed by atoms with van der Waals surface area (Å²) in [6.45, 7) is 0.835. The molecule has 0 unspecified atom stereocenters. The molecule has 0 saturated heterocycles. The van der Waals surface area contributed by atoms with Crippen LogP contribution in [0.4, 0.5) is 0 Å². The standard InChI is InChI=1S/C21H23ClN2OS3/c1-26-13-11-24-18-10-9-17(22)14-19(18)28-21(24)23-20(25)8-5-12-27-15-16-6-3-2-4-7-16/h2-4,6-7,9-10,14H,5,8,11-13,15H2,1H3. The quantitative estimate of drug-likeness (QED) is 0.383. The average molecular weight is 451 g/mol. The average Bonchev–Trinajstić information content (AvgIpc) is 3.02. The number of nitrogens with zero attached hydrogens (tertiary/aromatic N) is 2. The maximum Gasteiger partial charge on any atom is 0.248 e. The van der Waals surface area contributed by atoms with Crippen molar-refractivity contribution in [1.29, 1.82) is 0 Å². The van der Waals surface area contributed by atoms with E-state index in [0.29, 0.717) is 11.4 Å². The lowest BCUT2D eigenvalue weighted by Crippen LogP contribution is -2.18. The van der Waals surface area contributed by atoms with Gasteiger partial charge in [-0.15, -0.1) is 0 Å². The van der Waals surface area contributed by atoms with Gasteiger partial charge in [0.05, 0.1) is 10.2 Å². The molecule has 1 heterocycles. The second-order valence-corrected chi connectivity index (χ2v) is 9.82. The largest absolute Gasteiger partial charge is 0.316 e. The molecule has 1 amide bonds. The first-order chi connectivity index (χ1) is 13.7. The summed E-state index contributed by atoms with van der Waals surface area (Å²) in [5, 5.41) is 0.707. The number of amides is 1. The number of benzene rings is 2. The number of hydrogen-bond donors (Lipinski definition) is 0. The van der Waals surface area contributed by atoms with E-state index in [2.05, 4.69) is 40.1 Å². The Kier molecular flexibility index (Phi) is 8.52. The van der Waals surface area contributed by atoms with Gasteiger partial charge in [0.25, 0.3) is 0 Å². The topological polar surface area (TPSA) is 34.4 Å². The molecule has 28 heavy (non-hydrogen) atoms. The Bertz CT molecular complexity index is 982. The zero-order valence-electron chi connectivity index (χ0n) is 15.8. The zero-order valence-corrected chi connectivity index (χ0v) is 19.0. The molecular formula is C21H23ClN2OS3. The Hall–Kier alpha value is -1.21. The number of aromatic nitrogens is 1. The summed E-state index contributed by atoms with van der Waals surface area (Å²) in [7, 11) is 0. The molecule has 0 aliphatic carbocycles. The van der Waals surface area contributed by atoms with Crippen LogP contribution in [0.15, 0.2) is 53.5 Å². The first kappa shape index (κ1) is 21.5. The van der Waals surface area contributed by atoms with E-state index >= 15 is 0 Å². The van der Waals surface area contributed by atoms with E-state index in [4.69, 9.17) is 11.6 Å². The number of fused-ring (bicyclic) bond motifs is 1. The van der Waals surface area contributed by atoms with Gasteiger partial charge < -0.3 is 4.57 Å². The van der Waals surface area contributed by atoms with Crippen molar-refractivity contribution in [3.63, 3.8) is 0 Å². The molecular weight excluding hydrogens is 428 g/mol. The van der Waals surface area contributed by atoms with Crippen LogP contribution in [0.2, 0.25) is 5.02 Å². The Morgan fingerprint density at radius 2 is 2.00 bits per heavy atom. The van der Waals surface area contributed by atoms with Crippen molar-refractivity contribution in [1.82, 2.24) is 4.57 Å². The molecule has 0 saturated carbocycles. The molecule has 0 aliphatic heterocycles. The van der Waals surface area contributed by atoms with E-state index in [1.54, 1.807) is 11.8 Å². The summed E-state index contributed by atoms with van der Waals surface area (Å²) >= 11 is 11.3. The monoisotopic (exact) mass is 450 g/mol. The SMILES string of the molecule is CSCCn1c(=NC(=O)CCCSCc2ccccc2)sc2cc(Cl)ccc21. The fourth-order valence-corrected chi connectivity index (χ4v) is 5.42. The van der Waals surface area contributed by atoms with Crippen LogP contribution < -0.4 is 4.80 Å². The first-order valence-corrected chi connectivity index (χ1v) is 12.9. The van der Waals surface area contributed by atoms with Gasteiger partial charge in [0.1, 0.15) is 0 Å². The number of thiazole rings is 1. The van der Waals surface area contributed by atoms with Gasteiger partial charge in [0, 0.05) is 29.5 Å². The van der Waals surface area contributed by atoms with Crippen molar-refractivity contribution in [3.8, 4) is 0 Å². The molecule has 2 aromatic carbocycles. The van der Waals surface area contributed by atoms with Crippen LogP contribution in [0.5, 0.6) is 0 Å². The lowest BCUT2D eigenvalue weighted by molar-refractivity contribution is -0.118. The predicted molar refractivity (Wildman–Crippen MR) is 126 cm³/mol. The van der Waals surface area contributed by atoms with Crippen LogP contribution in [-0.2, 0) is 17.1 Å². The van der Waals surface area contributed by atoms with Crippen LogP contribution in [-0.4, -0.2) is 28.2 Å². The summed E-state index contributed by atoms with van der Waals surface area (Å²) in [4.78, 5) is 17.6. The predicted octanol–water partition coefficient (Wildman–Crippen LogP) is 5.86. The van der Waals surface area contributed by atoms with Crippen molar-refractivity contribution in [2.75, 3.05) is 17.8 Å². The van der Waals surface area contributed by atoms with E-state index in [1.807, 2.05) is 36.0 Å². The highest BCUT2D eigenvalue weighted by Crippen LogP contribution is 2.22. The van der Waals surface area contributed by atoms with Crippen LogP contribution in [0.3, 0.4) is 0 Å². The van der Waals surface area contributed by atoms with E-state index < -0.39 is 0 Å². The number of carbonyl (C=O) groups is 1. The van der Waals surface area contributed by atoms with Gasteiger partial charge in [-0.05, 0) is 42.2 Å². The van der Waals surface area contributed by atoms with Crippen molar-refractivity contribution < 1.29 is 4.79 Å². The number of thioether (sulfide) groups is 2. The highest BCUT2D eigenvalue weighted by Gasteiger charge is 2.08. The van der Waals surface area contributed by atoms with Crippen molar-refractivity contribution in [2.24, 2.45) is 4.99 Å². The summed E-state index contributed by atoms with van der Waals surface area (Å²) in [5.41, 5.74) is 2.41. The van der Waals surface area contributed by atoms with Gasteiger partial charge in [-0.2, -0.15) is 28.5 Å². The maximum atomic E-state index is 12.4. The summed E-state index contributed by atoms with van der Waals surface area (Å²) < 4.78 is 3.20. The third kappa shape index (κ3) is 6.14. The van der Waals surface area contributed by atoms with Gasteiger partial charge in [-0.25, -0.2) is 0 Å². The third-order valence-electron chi connectivity index (χ3n) is 4.18. The van der Waals surface area contributed by atoms with Crippen molar-refractivity contribution in [2.45, 2.75) is 25.1 Å². The highest BCUT2D eigenvalue weighted by atomic mass is 35.5. The zero-order chi connectivity index (χ0) is 19.8. The molecule has 7 heteroatoms. The number of carbonyl (C=O) groups excluding carboxylic acids is 1. The summed E-state index contributed by atoms with van der Waals surface area (Å²) in [5.74, 6) is 2.88. The lowest BCUT2D eigenvalue weighted by atomic mass is 10.2. The minimum atomic E-state index is -0.0455. The molecule has 3 rings (SSSR count). The van der Waals surface area contributed by atoms with Gasteiger partial charge in [-0.1, -0.05) is 53.3 Å². The molecule has 3 nitrogen and oxygen atoms in total. The van der Waals surface area contributed by atoms with E-state index in [-0.39, 0.29) is 5.91 Å². The second kappa shape index (κ2) is 11.1. The van der Waals surface area contributed by atoms with E-state index in [1.165, 1.54) is 16.9 Å². The van der Waals surface area contributed by atoms with Crippen LogP contribution in [0.25, 0.3) is 10.2 Å². The molecule has 0 spiro atoms. The molecule has 0 bridgehead atoms. The molecule has 1 aromatic heterocycles. The second-order valence-electron chi connectivity index (χ2n) is 6.29. The third-order valence-corrected chi connectivity index (χ3v) is 7.16. The van der Waals surface area contributed by atoms with Crippen LogP contribution >= 0.6 is 46.5 Å².